The molecule has 1 heterocycles. The van der Waals surface area contributed by atoms with Crippen molar-refractivity contribution in [3.63, 3.8) is 0 Å². The molecule has 0 aliphatic heterocycles. The Labute approximate surface area is 119 Å². The zero-order valence-electron chi connectivity index (χ0n) is 11.2. The molecular weight excluding hydrogens is 275 g/mol. The molecule has 2 aromatic rings. The van der Waals surface area contributed by atoms with Crippen LogP contribution in [0.3, 0.4) is 0 Å². The molecule has 6 nitrogen and oxygen atoms in total. The largest absolute Gasteiger partial charge is 0.462 e. The first-order valence-corrected chi connectivity index (χ1v) is 6.14. The van der Waals surface area contributed by atoms with Gasteiger partial charge in [-0.25, -0.2) is 9.18 Å². The third-order valence-electron chi connectivity index (χ3n) is 2.67. The van der Waals surface area contributed by atoms with Crippen molar-refractivity contribution in [1.82, 2.24) is 4.98 Å². The maximum absolute atomic E-state index is 12.9. The number of hydrogen-bond acceptors (Lipinski definition) is 4. The lowest BCUT2D eigenvalue weighted by Gasteiger charge is -2.07. The fourth-order valence-corrected chi connectivity index (χ4v) is 1.72. The molecule has 1 aromatic heterocycles. The number of rotatable bonds is 4. The molecule has 0 N–H and O–H groups in total. The van der Waals surface area contributed by atoms with Crippen molar-refractivity contribution in [2.24, 2.45) is 5.11 Å². The molecule has 0 saturated heterocycles. The minimum Gasteiger partial charge on any atom is -0.462 e. The second-order valence-electron chi connectivity index (χ2n) is 4.00. The van der Waals surface area contributed by atoms with E-state index in [1.165, 1.54) is 24.4 Å². The minimum atomic E-state index is -0.613. The first-order valence-electron chi connectivity index (χ1n) is 6.14. The highest BCUT2D eigenvalue weighted by Gasteiger charge is 2.14. The van der Waals surface area contributed by atoms with Crippen LogP contribution in [-0.4, -0.2) is 17.6 Å². The summed E-state index contributed by atoms with van der Waals surface area (Å²) in [5, 5.41) is 3.48. The smallest absolute Gasteiger partial charge is 0.340 e. The molecule has 0 aliphatic rings. The highest BCUT2D eigenvalue weighted by Crippen LogP contribution is 2.26. The molecule has 7 heteroatoms. The summed E-state index contributed by atoms with van der Waals surface area (Å²) in [6, 6.07) is 7.13. The molecule has 0 radical (unpaired) electrons. The van der Waals surface area contributed by atoms with Gasteiger partial charge in [0, 0.05) is 16.7 Å². The van der Waals surface area contributed by atoms with E-state index in [1.807, 2.05) is 0 Å². The van der Waals surface area contributed by atoms with Crippen LogP contribution >= 0.6 is 0 Å². The Balaban J connectivity index is 2.47. The molecule has 0 saturated carbocycles. The van der Waals surface area contributed by atoms with Crippen LogP contribution in [-0.2, 0) is 4.74 Å². The Hall–Kier alpha value is -2.92. The van der Waals surface area contributed by atoms with Gasteiger partial charge < -0.3 is 4.74 Å². The number of halogens is 1. The number of benzene rings is 1. The number of nitrogens with zero attached hydrogens (tertiary/aromatic N) is 4. The highest BCUT2D eigenvalue weighted by atomic mass is 19.1. The Morgan fingerprint density at radius 2 is 2.14 bits per heavy atom. The summed E-state index contributed by atoms with van der Waals surface area (Å²) in [6.45, 7) is 1.87. The lowest BCUT2D eigenvalue weighted by atomic mass is 10.1. The van der Waals surface area contributed by atoms with Gasteiger partial charge in [-0.05, 0) is 42.8 Å². The van der Waals surface area contributed by atoms with E-state index in [0.29, 0.717) is 11.3 Å². The first-order chi connectivity index (χ1) is 10.2. The van der Waals surface area contributed by atoms with Crippen LogP contribution in [0.25, 0.3) is 21.7 Å². The van der Waals surface area contributed by atoms with E-state index >= 15 is 0 Å². The molecular formula is C14H11FN4O2. The number of esters is 1. The number of carbonyl (C=O) groups excluding carboxylic acids is 1. The molecule has 0 aliphatic carbocycles. The Morgan fingerprint density at radius 3 is 2.76 bits per heavy atom. The lowest BCUT2D eigenvalue weighted by molar-refractivity contribution is 0.0527. The fraction of sp³-hybridized carbons (Fsp3) is 0.143. The van der Waals surface area contributed by atoms with Crippen LogP contribution in [0, 0.1) is 5.82 Å². The number of hydrogen-bond donors (Lipinski definition) is 0. The number of ether oxygens (including phenoxy) is 1. The normalized spacial score (nSPS) is 9.81. The quantitative estimate of drug-likeness (QED) is 0.368. The molecule has 0 atom stereocenters. The molecule has 0 spiro atoms. The predicted octanol–water partition coefficient (Wildman–Crippen LogP) is 4.01. The van der Waals surface area contributed by atoms with Gasteiger partial charge in [0.1, 0.15) is 5.82 Å². The van der Waals surface area contributed by atoms with Crippen molar-refractivity contribution in [3.05, 3.63) is 58.4 Å². The molecule has 106 valence electrons. The predicted molar refractivity (Wildman–Crippen MR) is 74.4 cm³/mol. The number of azide groups is 1. The summed E-state index contributed by atoms with van der Waals surface area (Å²) in [5.74, 6) is -0.977. The maximum atomic E-state index is 12.9. The molecule has 21 heavy (non-hydrogen) atoms. The molecule has 0 unspecified atom stereocenters. The number of aromatic nitrogens is 1. The van der Waals surface area contributed by atoms with E-state index < -0.39 is 5.97 Å². The van der Waals surface area contributed by atoms with Gasteiger partial charge in [0.2, 0.25) is 0 Å². The monoisotopic (exact) mass is 286 g/mol. The summed E-state index contributed by atoms with van der Waals surface area (Å²) >= 11 is 0. The van der Waals surface area contributed by atoms with Gasteiger partial charge in [0.15, 0.2) is 0 Å². The summed E-state index contributed by atoms with van der Waals surface area (Å²) < 4.78 is 17.8. The van der Waals surface area contributed by atoms with E-state index in [1.54, 1.807) is 19.1 Å². The topological polar surface area (TPSA) is 88.0 Å². The maximum Gasteiger partial charge on any atom is 0.340 e. The van der Waals surface area contributed by atoms with E-state index in [-0.39, 0.29) is 23.7 Å². The fourth-order valence-electron chi connectivity index (χ4n) is 1.72. The van der Waals surface area contributed by atoms with Crippen molar-refractivity contribution in [2.45, 2.75) is 6.92 Å². The summed E-state index contributed by atoms with van der Waals surface area (Å²) in [4.78, 5) is 18.5. The Bertz CT molecular complexity index is 709. The molecule has 0 bridgehead atoms. The van der Waals surface area contributed by atoms with Crippen molar-refractivity contribution < 1.29 is 13.9 Å². The van der Waals surface area contributed by atoms with Crippen LogP contribution in [0.5, 0.6) is 0 Å². The third kappa shape index (κ3) is 3.34. The van der Waals surface area contributed by atoms with Crippen molar-refractivity contribution in [3.8, 4) is 11.3 Å². The highest BCUT2D eigenvalue weighted by molar-refractivity contribution is 5.95. The molecule has 0 amide bonds. The van der Waals surface area contributed by atoms with E-state index in [2.05, 4.69) is 15.0 Å². The SMILES string of the molecule is CCOC(=O)c1cnc(-c2ccc(F)cc2)cc1N=[N+]=[N-]. The zero-order valence-corrected chi connectivity index (χ0v) is 11.2. The lowest BCUT2D eigenvalue weighted by Crippen LogP contribution is -2.05. The summed E-state index contributed by atoms with van der Waals surface area (Å²) in [5.41, 5.74) is 9.89. The van der Waals surface area contributed by atoms with Crippen molar-refractivity contribution in [2.75, 3.05) is 6.61 Å². The third-order valence-corrected chi connectivity index (χ3v) is 2.67. The second kappa shape index (κ2) is 6.49. The first kappa shape index (κ1) is 14.5. The minimum absolute atomic E-state index is 0.0838. The zero-order chi connectivity index (χ0) is 15.2. The van der Waals surface area contributed by atoms with Crippen molar-refractivity contribution >= 4 is 11.7 Å². The van der Waals surface area contributed by atoms with E-state index in [9.17, 15) is 9.18 Å². The van der Waals surface area contributed by atoms with Gasteiger partial charge in [-0.1, -0.05) is 5.11 Å². The molecule has 2 rings (SSSR count). The van der Waals surface area contributed by atoms with Crippen LogP contribution in [0.1, 0.15) is 17.3 Å². The average molecular weight is 286 g/mol. The molecule has 0 fully saturated rings. The van der Waals surface area contributed by atoms with Gasteiger partial charge in [-0.3, -0.25) is 4.98 Å². The second-order valence-corrected chi connectivity index (χ2v) is 4.00. The van der Waals surface area contributed by atoms with Gasteiger partial charge >= 0.3 is 5.97 Å². The number of carbonyl (C=O) groups is 1. The van der Waals surface area contributed by atoms with Crippen molar-refractivity contribution in [1.29, 1.82) is 0 Å². The van der Waals surface area contributed by atoms with Crippen LogP contribution in [0.15, 0.2) is 41.6 Å². The summed E-state index contributed by atoms with van der Waals surface area (Å²) in [7, 11) is 0. The molecule has 1 aromatic carbocycles. The summed E-state index contributed by atoms with van der Waals surface area (Å²) in [6.07, 6.45) is 1.28. The van der Waals surface area contributed by atoms with Gasteiger partial charge in [0.25, 0.3) is 0 Å². The van der Waals surface area contributed by atoms with Gasteiger partial charge in [-0.2, -0.15) is 0 Å². The van der Waals surface area contributed by atoms with Gasteiger partial charge in [-0.15, -0.1) is 0 Å². The van der Waals surface area contributed by atoms with E-state index in [0.717, 1.165) is 0 Å². The standard InChI is InChI=1S/C14H11FN4O2/c1-2-21-14(20)11-8-17-12(7-13(11)18-19-16)9-3-5-10(15)6-4-9/h3-8H,2H2,1H3. The number of pyridine rings is 1. The van der Waals surface area contributed by atoms with E-state index in [4.69, 9.17) is 10.3 Å². The van der Waals surface area contributed by atoms with Crippen LogP contribution in [0.2, 0.25) is 0 Å². The van der Waals surface area contributed by atoms with Crippen LogP contribution < -0.4 is 0 Å². The van der Waals surface area contributed by atoms with Gasteiger partial charge in [0.05, 0.1) is 23.6 Å². The van der Waals surface area contributed by atoms with Crippen LogP contribution in [0.4, 0.5) is 10.1 Å². The Morgan fingerprint density at radius 1 is 1.43 bits per heavy atom. The average Bonchev–Trinajstić information content (AvgIpc) is 2.48. The Kier molecular flexibility index (Phi) is 4.48.